The zero-order valence-corrected chi connectivity index (χ0v) is 12.6. The number of methoxy groups -OCH3 is 1. The molecule has 0 bridgehead atoms. The molecule has 0 heterocycles. The van der Waals surface area contributed by atoms with E-state index in [4.69, 9.17) is 10.5 Å². The third kappa shape index (κ3) is 3.71. The van der Waals surface area contributed by atoms with Gasteiger partial charge >= 0.3 is 0 Å². The van der Waals surface area contributed by atoms with E-state index in [0.29, 0.717) is 0 Å². The summed E-state index contributed by atoms with van der Waals surface area (Å²) in [6, 6.07) is 4.38. The van der Waals surface area contributed by atoms with Crippen LogP contribution in [0.2, 0.25) is 0 Å². The summed E-state index contributed by atoms with van der Waals surface area (Å²) in [6.07, 6.45) is 3.35. The molecule has 0 radical (unpaired) electrons. The Balaban J connectivity index is 1.96. The van der Waals surface area contributed by atoms with E-state index in [2.05, 4.69) is 37.9 Å². The summed E-state index contributed by atoms with van der Waals surface area (Å²) in [5.74, 6) is 1.00. The number of ether oxygens (including phenoxy) is 1. The van der Waals surface area contributed by atoms with Crippen LogP contribution >= 0.6 is 0 Å². The number of nitrogens with zero attached hydrogens (tertiary/aromatic N) is 1. The lowest BCUT2D eigenvalue weighted by atomic mass is 10.0. The van der Waals surface area contributed by atoms with Gasteiger partial charge in [0.05, 0.1) is 7.11 Å². The van der Waals surface area contributed by atoms with Crippen molar-refractivity contribution in [3.63, 3.8) is 0 Å². The van der Waals surface area contributed by atoms with Gasteiger partial charge in [-0.1, -0.05) is 6.07 Å². The molecule has 0 unspecified atom stereocenters. The van der Waals surface area contributed by atoms with Crippen molar-refractivity contribution in [3.05, 3.63) is 28.8 Å². The van der Waals surface area contributed by atoms with Crippen LogP contribution in [0.15, 0.2) is 12.1 Å². The summed E-state index contributed by atoms with van der Waals surface area (Å²) >= 11 is 0. The highest BCUT2D eigenvalue weighted by Crippen LogP contribution is 2.32. The standard InChI is InChI=1S/C16H26N2O/c1-12-9-14(15(19-4)10-13(12)2)5-8-18(3)11-16(17)6-7-16/h9-10H,5-8,11,17H2,1-4H3. The van der Waals surface area contributed by atoms with Gasteiger partial charge in [0.2, 0.25) is 0 Å². The van der Waals surface area contributed by atoms with Crippen LogP contribution in [0.3, 0.4) is 0 Å². The number of hydrogen-bond acceptors (Lipinski definition) is 3. The first-order valence-corrected chi connectivity index (χ1v) is 7.05. The molecule has 2 N–H and O–H groups in total. The van der Waals surface area contributed by atoms with Gasteiger partial charge in [-0.3, -0.25) is 0 Å². The average Bonchev–Trinajstić information content (AvgIpc) is 3.07. The molecular weight excluding hydrogens is 236 g/mol. The van der Waals surface area contributed by atoms with E-state index >= 15 is 0 Å². The second kappa shape index (κ2) is 5.51. The van der Waals surface area contributed by atoms with E-state index in [9.17, 15) is 0 Å². The molecule has 1 saturated carbocycles. The fraction of sp³-hybridized carbons (Fsp3) is 0.625. The Morgan fingerprint density at radius 1 is 1.26 bits per heavy atom. The van der Waals surface area contributed by atoms with Crippen molar-refractivity contribution in [3.8, 4) is 5.75 Å². The molecule has 19 heavy (non-hydrogen) atoms. The average molecular weight is 262 g/mol. The quantitative estimate of drug-likeness (QED) is 0.855. The summed E-state index contributed by atoms with van der Waals surface area (Å²) in [7, 11) is 3.90. The Labute approximate surface area is 116 Å². The third-order valence-electron chi connectivity index (χ3n) is 4.14. The molecule has 0 aromatic heterocycles. The maximum atomic E-state index is 6.15. The van der Waals surface area contributed by atoms with Crippen LogP contribution in [0.1, 0.15) is 29.5 Å². The van der Waals surface area contributed by atoms with Crippen LogP contribution in [-0.4, -0.2) is 37.7 Å². The van der Waals surface area contributed by atoms with Gasteiger partial charge in [-0.05, 0) is 62.9 Å². The van der Waals surface area contributed by atoms with Crippen molar-refractivity contribution in [2.24, 2.45) is 5.73 Å². The molecule has 0 atom stereocenters. The smallest absolute Gasteiger partial charge is 0.122 e. The number of rotatable bonds is 6. The summed E-state index contributed by atoms with van der Waals surface area (Å²) in [4.78, 5) is 2.33. The van der Waals surface area contributed by atoms with Gasteiger partial charge in [-0.15, -0.1) is 0 Å². The molecule has 106 valence electrons. The molecule has 2 rings (SSSR count). The lowest BCUT2D eigenvalue weighted by Crippen LogP contribution is -2.38. The molecular formula is C16H26N2O. The van der Waals surface area contributed by atoms with Crippen LogP contribution in [0, 0.1) is 13.8 Å². The van der Waals surface area contributed by atoms with Gasteiger partial charge in [0, 0.05) is 18.6 Å². The van der Waals surface area contributed by atoms with Crippen molar-refractivity contribution in [2.45, 2.75) is 38.6 Å². The highest BCUT2D eigenvalue weighted by atomic mass is 16.5. The van der Waals surface area contributed by atoms with E-state index in [1.165, 1.54) is 29.5 Å². The fourth-order valence-corrected chi connectivity index (χ4v) is 2.48. The number of hydrogen-bond donors (Lipinski definition) is 1. The van der Waals surface area contributed by atoms with Gasteiger partial charge in [-0.2, -0.15) is 0 Å². The Morgan fingerprint density at radius 2 is 1.89 bits per heavy atom. The largest absolute Gasteiger partial charge is 0.496 e. The number of benzene rings is 1. The third-order valence-corrected chi connectivity index (χ3v) is 4.14. The Hall–Kier alpha value is -1.06. The minimum absolute atomic E-state index is 0.0992. The molecule has 0 amide bonds. The van der Waals surface area contributed by atoms with Crippen LogP contribution in [0.25, 0.3) is 0 Å². The first-order valence-electron chi connectivity index (χ1n) is 7.05. The lowest BCUT2D eigenvalue weighted by Gasteiger charge is -2.21. The molecule has 1 aromatic carbocycles. The first-order chi connectivity index (χ1) is 8.93. The van der Waals surface area contributed by atoms with Gasteiger partial charge in [-0.25, -0.2) is 0 Å². The fourth-order valence-electron chi connectivity index (χ4n) is 2.48. The molecule has 0 spiro atoms. The van der Waals surface area contributed by atoms with E-state index < -0.39 is 0 Å². The van der Waals surface area contributed by atoms with E-state index in [1.807, 2.05) is 0 Å². The van der Waals surface area contributed by atoms with E-state index in [-0.39, 0.29) is 5.54 Å². The van der Waals surface area contributed by atoms with Gasteiger partial charge in [0.15, 0.2) is 0 Å². The Morgan fingerprint density at radius 3 is 2.47 bits per heavy atom. The summed E-state index contributed by atoms with van der Waals surface area (Å²) in [5.41, 5.74) is 10.2. The zero-order chi connectivity index (χ0) is 14.0. The van der Waals surface area contributed by atoms with Crippen molar-refractivity contribution in [1.29, 1.82) is 0 Å². The number of likely N-dealkylation sites (N-methyl/N-ethyl adjacent to an activating group) is 1. The Bertz CT molecular complexity index is 452. The summed E-state index contributed by atoms with van der Waals surface area (Å²) in [6.45, 7) is 6.30. The second-order valence-corrected chi connectivity index (χ2v) is 6.10. The summed E-state index contributed by atoms with van der Waals surface area (Å²) < 4.78 is 5.48. The minimum Gasteiger partial charge on any atom is -0.496 e. The van der Waals surface area contributed by atoms with Crippen molar-refractivity contribution in [2.75, 3.05) is 27.2 Å². The molecule has 3 heteroatoms. The number of aryl methyl sites for hydroxylation is 2. The van der Waals surface area contributed by atoms with Crippen molar-refractivity contribution < 1.29 is 4.74 Å². The van der Waals surface area contributed by atoms with Crippen LogP contribution in [0.5, 0.6) is 5.75 Å². The SMILES string of the molecule is COc1cc(C)c(C)cc1CCN(C)CC1(N)CC1. The lowest BCUT2D eigenvalue weighted by molar-refractivity contribution is 0.304. The van der Waals surface area contributed by atoms with Gasteiger partial charge in [0.1, 0.15) is 5.75 Å². The molecule has 1 aromatic rings. The maximum absolute atomic E-state index is 6.15. The zero-order valence-electron chi connectivity index (χ0n) is 12.6. The molecule has 0 aliphatic heterocycles. The normalized spacial score (nSPS) is 16.7. The molecule has 1 aliphatic rings. The molecule has 3 nitrogen and oxygen atoms in total. The monoisotopic (exact) mass is 262 g/mol. The predicted octanol–water partition coefficient (Wildman–Crippen LogP) is 2.28. The van der Waals surface area contributed by atoms with Gasteiger partial charge < -0.3 is 15.4 Å². The summed E-state index contributed by atoms with van der Waals surface area (Å²) in [5, 5.41) is 0. The van der Waals surface area contributed by atoms with Crippen LogP contribution in [-0.2, 0) is 6.42 Å². The van der Waals surface area contributed by atoms with Crippen LogP contribution < -0.4 is 10.5 Å². The van der Waals surface area contributed by atoms with Crippen molar-refractivity contribution >= 4 is 0 Å². The van der Waals surface area contributed by atoms with Crippen molar-refractivity contribution in [1.82, 2.24) is 4.90 Å². The Kier molecular flexibility index (Phi) is 4.16. The van der Waals surface area contributed by atoms with E-state index in [1.54, 1.807) is 7.11 Å². The topological polar surface area (TPSA) is 38.5 Å². The van der Waals surface area contributed by atoms with E-state index in [0.717, 1.165) is 25.3 Å². The molecule has 0 saturated heterocycles. The highest BCUT2D eigenvalue weighted by Gasteiger charge is 2.38. The maximum Gasteiger partial charge on any atom is 0.122 e. The molecule has 1 fully saturated rings. The van der Waals surface area contributed by atoms with Crippen LogP contribution in [0.4, 0.5) is 0 Å². The second-order valence-electron chi connectivity index (χ2n) is 6.10. The predicted molar refractivity (Wildman–Crippen MR) is 79.8 cm³/mol. The first kappa shape index (κ1) is 14.4. The highest BCUT2D eigenvalue weighted by molar-refractivity contribution is 5.41. The molecule has 1 aliphatic carbocycles. The van der Waals surface area contributed by atoms with Gasteiger partial charge in [0.25, 0.3) is 0 Å². The minimum atomic E-state index is 0.0992. The number of nitrogens with two attached hydrogens (primary N) is 1.